The van der Waals surface area contributed by atoms with Crippen LogP contribution >= 0.6 is 0 Å². The van der Waals surface area contributed by atoms with E-state index in [9.17, 15) is 18.0 Å². The first-order valence-corrected chi connectivity index (χ1v) is 8.31. The molecule has 1 amide bonds. The number of carbonyl (C=O) groups is 1. The summed E-state index contributed by atoms with van der Waals surface area (Å²) in [6.07, 6.45) is -2.78. The molecule has 1 heterocycles. The highest BCUT2D eigenvalue weighted by molar-refractivity contribution is 5.83. The van der Waals surface area contributed by atoms with Gasteiger partial charge in [-0.15, -0.1) is 0 Å². The molecule has 3 aromatic rings. The molecule has 0 aliphatic carbocycles. The van der Waals surface area contributed by atoms with E-state index in [1.165, 1.54) is 12.1 Å². The number of hydrogen-bond donors (Lipinski definition) is 1. The van der Waals surface area contributed by atoms with E-state index in [1.807, 2.05) is 24.3 Å². The van der Waals surface area contributed by atoms with Gasteiger partial charge < -0.3 is 14.6 Å². The van der Waals surface area contributed by atoms with E-state index in [2.05, 4.69) is 10.3 Å². The van der Waals surface area contributed by atoms with Crippen molar-refractivity contribution >= 4 is 16.9 Å². The summed E-state index contributed by atoms with van der Waals surface area (Å²) in [6.45, 7) is 0.582. The van der Waals surface area contributed by atoms with Crippen LogP contribution in [-0.4, -0.2) is 28.2 Å². The standard InChI is InChI=1S/C19H18F3N3O2/c1-13(25-12-24-16-7-2-3-8-17(16)25)18(26)23-10-14-5-4-6-15(9-14)27-11-19(20,21)22/h2-9,12-13H,10-11H2,1H3,(H,23,26)/t13-/m0/s1. The third kappa shape index (κ3) is 4.78. The van der Waals surface area contributed by atoms with Crippen molar-refractivity contribution in [1.82, 2.24) is 14.9 Å². The van der Waals surface area contributed by atoms with Crippen molar-refractivity contribution in [3.05, 3.63) is 60.4 Å². The van der Waals surface area contributed by atoms with Crippen LogP contribution in [0.25, 0.3) is 11.0 Å². The number of benzene rings is 2. The highest BCUT2D eigenvalue weighted by Crippen LogP contribution is 2.20. The zero-order chi connectivity index (χ0) is 19.4. The molecule has 1 N–H and O–H groups in total. The quantitative estimate of drug-likeness (QED) is 0.710. The Morgan fingerprint density at radius 1 is 1.22 bits per heavy atom. The lowest BCUT2D eigenvalue weighted by molar-refractivity contribution is -0.153. The molecule has 8 heteroatoms. The molecule has 2 aromatic carbocycles. The smallest absolute Gasteiger partial charge is 0.422 e. The van der Waals surface area contributed by atoms with E-state index in [0.717, 1.165) is 11.0 Å². The van der Waals surface area contributed by atoms with Gasteiger partial charge in [0.05, 0.1) is 17.4 Å². The van der Waals surface area contributed by atoms with Gasteiger partial charge in [0.15, 0.2) is 6.61 Å². The van der Waals surface area contributed by atoms with Gasteiger partial charge in [0.1, 0.15) is 11.8 Å². The average molecular weight is 377 g/mol. The fourth-order valence-corrected chi connectivity index (χ4v) is 2.66. The molecular weight excluding hydrogens is 359 g/mol. The highest BCUT2D eigenvalue weighted by atomic mass is 19.4. The predicted molar refractivity (Wildman–Crippen MR) is 94.3 cm³/mol. The Balaban J connectivity index is 1.62. The molecular formula is C19H18F3N3O2. The zero-order valence-corrected chi connectivity index (χ0v) is 14.5. The number of halogens is 3. The lowest BCUT2D eigenvalue weighted by Crippen LogP contribution is -2.30. The molecule has 1 aromatic heterocycles. The van der Waals surface area contributed by atoms with Gasteiger partial charge in [-0.25, -0.2) is 4.98 Å². The maximum Gasteiger partial charge on any atom is 0.422 e. The average Bonchev–Trinajstić information content (AvgIpc) is 3.08. The second-order valence-corrected chi connectivity index (χ2v) is 6.09. The maximum absolute atomic E-state index is 12.5. The zero-order valence-electron chi connectivity index (χ0n) is 14.5. The minimum atomic E-state index is -4.40. The second kappa shape index (κ2) is 7.69. The molecule has 0 spiro atoms. The number of nitrogens with zero attached hydrogens (tertiary/aromatic N) is 2. The van der Waals surface area contributed by atoms with Gasteiger partial charge in [0.2, 0.25) is 5.91 Å². The monoisotopic (exact) mass is 377 g/mol. The highest BCUT2D eigenvalue weighted by Gasteiger charge is 2.28. The first kappa shape index (κ1) is 18.8. The molecule has 0 aliphatic heterocycles. The lowest BCUT2D eigenvalue weighted by Gasteiger charge is -2.15. The van der Waals surface area contributed by atoms with Gasteiger partial charge in [-0.1, -0.05) is 24.3 Å². The van der Waals surface area contributed by atoms with Crippen molar-refractivity contribution in [1.29, 1.82) is 0 Å². The molecule has 1 atom stereocenters. The maximum atomic E-state index is 12.5. The van der Waals surface area contributed by atoms with Crippen molar-refractivity contribution in [3.63, 3.8) is 0 Å². The summed E-state index contributed by atoms with van der Waals surface area (Å²) in [7, 11) is 0. The second-order valence-electron chi connectivity index (χ2n) is 6.09. The Bertz CT molecular complexity index is 937. The first-order chi connectivity index (χ1) is 12.8. The van der Waals surface area contributed by atoms with Crippen molar-refractivity contribution in [2.75, 3.05) is 6.61 Å². The van der Waals surface area contributed by atoms with Gasteiger partial charge >= 0.3 is 6.18 Å². The van der Waals surface area contributed by atoms with Gasteiger partial charge in [-0.2, -0.15) is 13.2 Å². The number of alkyl halides is 3. The summed E-state index contributed by atoms with van der Waals surface area (Å²) in [5.41, 5.74) is 2.29. The normalized spacial score (nSPS) is 12.7. The van der Waals surface area contributed by atoms with E-state index in [0.29, 0.717) is 5.56 Å². The molecule has 0 aliphatic rings. The van der Waals surface area contributed by atoms with E-state index in [4.69, 9.17) is 4.74 Å². The van der Waals surface area contributed by atoms with E-state index >= 15 is 0 Å². The number of hydrogen-bond acceptors (Lipinski definition) is 3. The number of nitrogens with one attached hydrogen (secondary N) is 1. The Morgan fingerprint density at radius 2 is 2.00 bits per heavy atom. The van der Waals surface area contributed by atoms with Crippen LogP contribution in [0.1, 0.15) is 18.5 Å². The summed E-state index contributed by atoms with van der Waals surface area (Å²) < 4.78 is 43.2. The topological polar surface area (TPSA) is 56.1 Å². The summed E-state index contributed by atoms with van der Waals surface area (Å²) in [5.74, 6) is -0.118. The van der Waals surface area contributed by atoms with Crippen molar-refractivity contribution in [2.24, 2.45) is 0 Å². The number of amides is 1. The van der Waals surface area contributed by atoms with Crippen molar-refractivity contribution < 1.29 is 22.7 Å². The fraction of sp³-hybridized carbons (Fsp3) is 0.263. The summed E-state index contributed by atoms with van der Waals surface area (Å²) in [6, 6.07) is 13.2. The third-order valence-electron chi connectivity index (χ3n) is 4.05. The van der Waals surface area contributed by atoms with Crippen molar-refractivity contribution in [3.8, 4) is 5.75 Å². The first-order valence-electron chi connectivity index (χ1n) is 8.31. The number of fused-ring (bicyclic) bond motifs is 1. The van der Waals surface area contributed by atoms with Crippen LogP contribution in [0.3, 0.4) is 0 Å². The van der Waals surface area contributed by atoms with Crippen molar-refractivity contribution in [2.45, 2.75) is 25.7 Å². The Labute approximate surface area is 153 Å². The fourth-order valence-electron chi connectivity index (χ4n) is 2.66. The van der Waals surface area contributed by atoms with Crippen LogP contribution in [0.5, 0.6) is 5.75 Å². The predicted octanol–water partition coefficient (Wildman–Crippen LogP) is 3.85. The number of carbonyl (C=O) groups excluding carboxylic acids is 1. The van der Waals surface area contributed by atoms with Gasteiger partial charge in [0.25, 0.3) is 0 Å². The van der Waals surface area contributed by atoms with E-state index < -0.39 is 18.8 Å². The number of ether oxygens (including phenoxy) is 1. The Hall–Kier alpha value is -3.03. The third-order valence-corrected chi connectivity index (χ3v) is 4.05. The summed E-state index contributed by atoms with van der Waals surface area (Å²) >= 11 is 0. The molecule has 0 saturated carbocycles. The number of aromatic nitrogens is 2. The molecule has 0 unspecified atom stereocenters. The Kier molecular flexibility index (Phi) is 5.34. The molecule has 3 rings (SSSR count). The van der Waals surface area contributed by atoms with Crippen LogP contribution in [0.15, 0.2) is 54.9 Å². The largest absolute Gasteiger partial charge is 0.484 e. The SMILES string of the molecule is C[C@@H](C(=O)NCc1cccc(OCC(F)(F)F)c1)n1cnc2ccccc21. The number of para-hydroxylation sites is 2. The minimum absolute atomic E-state index is 0.104. The van der Waals surface area contributed by atoms with Crippen LogP contribution in [0.2, 0.25) is 0 Å². The number of rotatable bonds is 6. The Morgan fingerprint density at radius 3 is 2.78 bits per heavy atom. The summed E-state index contributed by atoms with van der Waals surface area (Å²) in [5, 5.41) is 2.79. The van der Waals surface area contributed by atoms with Gasteiger partial charge in [-0.3, -0.25) is 4.79 Å². The van der Waals surface area contributed by atoms with E-state index in [-0.39, 0.29) is 18.2 Å². The van der Waals surface area contributed by atoms with Gasteiger partial charge in [0, 0.05) is 6.54 Å². The molecule has 0 fully saturated rings. The number of imidazole rings is 1. The van der Waals surface area contributed by atoms with Crippen LogP contribution in [0, 0.1) is 0 Å². The molecule has 0 saturated heterocycles. The van der Waals surface area contributed by atoms with Crippen LogP contribution in [0.4, 0.5) is 13.2 Å². The molecule has 5 nitrogen and oxygen atoms in total. The van der Waals surface area contributed by atoms with Crippen LogP contribution in [-0.2, 0) is 11.3 Å². The minimum Gasteiger partial charge on any atom is -0.484 e. The molecule has 27 heavy (non-hydrogen) atoms. The lowest BCUT2D eigenvalue weighted by atomic mass is 10.2. The summed E-state index contributed by atoms with van der Waals surface area (Å²) in [4.78, 5) is 16.7. The van der Waals surface area contributed by atoms with Gasteiger partial charge in [-0.05, 0) is 36.8 Å². The van der Waals surface area contributed by atoms with E-state index in [1.54, 1.807) is 30.0 Å². The van der Waals surface area contributed by atoms with Crippen LogP contribution < -0.4 is 10.1 Å². The molecule has 0 radical (unpaired) electrons. The molecule has 0 bridgehead atoms. The molecule has 142 valence electrons.